The molecule has 0 aliphatic carbocycles. The molecule has 6 heteroatoms. The number of aromatic amines is 1. The number of nitrogens with zero attached hydrogens (tertiary/aromatic N) is 2. The molecule has 3 aromatic rings. The molecule has 1 N–H and O–H groups in total. The highest BCUT2D eigenvalue weighted by Gasteiger charge is 2.04. The van der Waals surface area contributed by atoms with Gasteiger partial charge in [-0.3, -0.25) is 0 Å². The first kappa shape index (κ1) is 14.9. The summed E-state index contributed by atoms with van der Waals surface area (Å²) < 4.78 is 28.6. The largest absolute Gasteiger partial charge is 0.435 e. The number of nitrogens with one attached hydrogen (secondary N) is 1. The molecule has 0 fully saturated rings. The van der Waals surface area contributed by atoms with Crippen LogP contribution in [0.2, 0.25) is 0 Å². The molecule has 3 rings (SSSR count). The fourth-order valence-corrected chi connectivity index (χ4v) is 2.09. The Kier molecular flexibility index (Phi) is 4.42. The molecule has 23 heavy (non-hydrogen) atoms. The summed E-state index contributed by atoms with van der Waals surface area (Å²) in [6, 6.07) is 14.4. The van der Waals surface area contributed by atoms with E-state index in [1.165, 1.54) is 12.1 Å². The van der Waals surface area contributed by atoms with Gasteiger partial charge in [-0.05, 0) is 34.9 Å². The quantitative estimate of drug-likeness (QED) is 0.766. The lowest BCUT2D eigenvalue weighted by atomic mass is 10.0. The van der Waals surface area contributed by atoms with Crippen molar-refractivity contribution in [3.63, 3.8) is 0 Å². The van der Waals surface area contributed by atoms with Crippen molar-refractivity contribution >= 4 is 12.2 Å². The lowest BCUT2D eigenvalue weighted by Gasteiger charge is -2.06. The Morgan fingerprint density at radius 3 is 2.13 bits per heavy atom. The fourth-order valence-electron chi connectivity index (χ4n) is 2.09. The van der Waals surface area contributed by atoms with Crippen molar-refractivity contribution in [1.29, 1.82) is 0 Å². The number of ether oxygens (including phenoxy) is 1. The van der Waals surface area contributed by atoms with Crippen molar-refractivity contribution in [2.45, 2.75) is 6.61 Å². The van der Waals surface area contributed by atoms with E-state index in [0.717, 1.165) is 22.4 Å². The summed E-state index contributed by atoms with van der Waals surface area (Å²) in [5.74, 6) is 0.149. The van der Waals surface area contributed by atoms with Gasteiger partial charge in [0.15, 0.2) is 0 Å². The topological polar surface area (TPSA) is 50.8 Å². The third kappa shape index (κ3) is 4.00. The van der Waals surface area contributed by atoms with E-state index in [1.807, 2.05) is 36.4 Å². The van der Waals surface area contributed by atoms with Gasteiger partial charge in [0, 0.05) is 0 Å². The summed E-state index contributed by atoms with van der Waals surface area (Å²) in [6.07, 6.45) is 5.42. The maximum atomic E-state index is 12.1. The molecule has 2 aromatic carbocycles. The summed E-state index contributed by atoms with van der Waals surface area (Å²) in [4.78, 5) is 0. The Hall–Kier alpha value is -3.02. The number of H-pyrrole nitrogens is 1. The van der Waals surface area contributed by atoms with E-state index in [2.05, 4.69) is 20.1 Å². The van der Waals surface area contributed by atoms with Gasteiger partial charge in [-0.2, -0.15) is 24.2 Å². The minimum absolute atomic E-state index is 0.149. The average Bonchev–Trinajstić information content (AvgIpc) is 3.07. The van der Waals surface area contributed by atoms with Crippen molar-refractivity contribution < 1.29 is 13.5 Å². The van der Waals surface area contributed by atoms with Crippen LogP contribution in [-0.4, -0.2) is 22.0 Å². The van der Waals surface area contributed by atoms with E-state index in [0.29, 0.717) is 0 Å². The molecule has 4 nitrogen and oxygen atoms in total. The average molecular weight is 313 g/mol. The molecular weight excluding hydrogens is 300 g/mol. The first-order valence-electron chi connectivity index (χ1n) is 6.90. The Bertz CT molecular complexity index is 767. The van der Waals surface area contributed by atoms with Crippen LogP contribution in [0, 0.1) is 0 Å². The summed E-state index contributed by atoms with van der Waals surface area (Å²) in [5.41, 5.74) is 3.70. The Labute approximate surface area is 131 Å². The summed E-state index contributed by atoms with van der Waals surface area (Å²) in [7, 11) is 0. The van der Waals surface area contributed by atoms with Gasteiger partial charge in [-0.25, -0.2) is 0 Å². The van der Waals surface area contributed by atoms with Crippen molar-refractivity contribution in [2.24, 2.45) is 0 Å². The van der Waals surface area contributed by atoms with Gasteiger partial charge >= 0.3 is 6.61 Å². The molecule has 0 spiro atoms. The number of hydrogen-bond acceptors (Lipinski definition) is 3. The van der Waals surface area contributed by atoms with Crippen LogP contribution in [0.1, 0.15) is 11.3 Å². The molecule has 0 radical (unpaired) electrons. The Morgan fingerprint density at radius 1 is 0.913 bits per heavy atom. The van der Waals surface area contributed by atoms with Crippen LogP contribution in [0.4, 0.5) is 8.78 Å². The zero-order valence-electron chi connectivity index (χ0n) is 12.0. The molecule has 0 aliphatic rings. The van der Waals surface area contributed by atoms with Crippen molar-refractivity contribution in [1.82, 2.24) is 15.4 Å². The molecule has 0 bridgehead atoms. The van der Waals surface area contributed by atoms with Gasteiger partial charge in [0.2, 0.25) is 0 Å². The van der Waals surface area contributed by atoms with Crippen molar-refractivity contribution in [2.75, 3.05) is 0 Å². The molecule has 0 unspecified atom stereocenters. The molecule has 116 valence electrons. The van der Waals surface area contributed by atoms with Crippen LogP contribution < -0.4 is 4.74 Å². The lowest BCUT2D eigenvalue weighted by molar-refractivity contribution is -0.0498. The van der Waals surface area contributed by atoms with Gasteiger partial charge in [0.05, 0.1) is 6.20 Å². The second kappa shape index (κ2) is 6.83. The third-order valence-corrected chi connectivity index (χ3v) is 3.20. The second-order valence-corrected chi connectivity index (χ2v) is 4.75. The number of hydrogen-bond donors (Lipinski definition) is 1. The first-order valence-corrected chi connectivity index (χ1v) is 6.90. The Balaban J connectivity index is 1.71. The molecule has 0 atom stereocenters. The number of alkyl halides is 2. The number of halogens is 2. The van der Waals surface area contributed by atoms with Gasteiger partial charge in [-0.1, -0.05) is 42.5 Å². The van der Waals surface area contributed by atoms with Crippen LogP contribution in [0.5, 0.6) is 5.75 Å². The third-order valence-electron chi connectivity index (χ3n) is 3.20. The number of aromatic nitrogens is 3. The minimum atomic E-state index is -2.81. The zero-order valence-corrected chi connectivity index (χ0v) is 12.0. The SMILES string of the molecule is FC(F)Oc1ccc(-c2ccc(/C=C/c3cn[nH]n3)cc2)cc1. The van der Waals surface area contributed by atoms with Crippen molar-refractivity contribution in [3.8, 4) is 16.9 Å². The van der Waals surface area contributed by atoms with E-state index in [4.69, 9.17) is 0 Å². The molecule has 1 aromatic heterocycles. The minimum Gasteiger partial charge on any atom is -0.435 e. The smallest absolute Gasteiger partial charge is 0.387 e. The number of benzene rings is 2. The highest BCUT2D eigenvalue weighted by molar-refractivity contribution is 5.71. The van der Waals surface area contributed by atoms with E-state index in [-0.39, 0.29) is 5.75 Å². The van der Waals surface area contributed by atoms with Crippen LogP contribution in [0.3, 0.4) is 0 Å². The van der Waals surface area contributed by atoms with E-state index in [1.54, 1.807) is 18.3 Å². The molecule has 0 saturated carbocycles. The summed E-state index contributed by atoms with van der Waals surface area (Å²) in [6.45, 7) is -2.81. The predicted octanol–water partition coefficient (Wildman–Crippen LogP) is 4.24. The van der Waals surface area contributed by atoms with Crippen LogP contribution in [0.25, 0.3) is 23.3 Å². The van der Waals surface area contributed by atoms with Gasteiger partial charge < -0.3 is 4.74 Å². The van der Waals surface area contributed by atoms with Gasteiger partial charge in [0.25, 0.3) is 0 Å². The molecule has 0 saturated heterocycles. The first-order chi connectivity index (χ1) is 11.2. The normalized spacial score (nSPS) is 11.3. The van der Waals surface area contributed by atoms with E-state index >= 15 is 0 Å². The lowest BCUT2D eigenvalue weighted by Crippen LogP contribution is -2.01. The maximum absolute atomic E-state index is 12.1. The molecule has 0 amide bonds. The summed E-state index contributed by atoms with van der Waals surface area (Å²) >= 11 is 0. The number of rotatable bonds is 5. The summed E-state index contributed by atoms with van der Waals surface area (Å²) in [5, 5.41) is 10.2. The fraction of sp³-hybridized carbons (Fsp3) is 0.0588. The standard InChI is InChI=1S/C17H13F2N3O/c18-17(19)23-16-9-6-14(7-10-16)13-4-1-12(2-5-13)3-8-15-11-20-22-21-15/h1-11,17H,(H,20,21,22)/b8-3+. The molecule has 1 heterocycles. The predicted molar refractivity (Wildman–Crippen MR) is 83.8 cm³/mol. The van der Waals surface area contributed by atoms with E-state index < -0.39 is 6.61 Å². The molecule has 0 aliphatic heterocycles. The van der Waals surface area contributed by atoms with Crippen LogP contribution in [0.15, 0.2) is 54.7 Å². The van der Waals surface area contributed by atoms with Crippen molar-refractivity contribution in [3.05, 3.63) is 66.0 Å². The van der Waals surface area contributed by atoms with Gasteiger partial charge in [0.1, 0.15) is 11.4 Å². The molecular formula is C17H13F2N3O. The highest BCUT2D eigenvalue weighted by Crippen LogP contribution is 2.24. The monoisotopic (exact) mass is 313 g/mol. The Morgan fingerprint density at radius 2 is 1.57 bits per heavy atom. The van der Waals surface area contributed by atoms with Crippen LogP contribution >= 0.6 is 0 Å². The van der Waals surface area contributed by atoms with E-state index in [9.17, 15) is 8.78 Å². The second-order valence-electron chi connectivity index (χ2n) is 4.75. The maximum Gasteiger partial charge on any atom is 0.387 e. The zero-order chi connectivity index (χ0) is 16.1. The van der Waals surface area contributed by atoms with Gasteiger partial charge in [-0.15, -0.1) is 0 Å². The van der Waals surface area contributed by atoms with Crippen LogP contribution in [-0.2, 0) is 0 Å². The highest BCUT2D eigenvalue weighted by atomic mass is 19.3.